The summed E-state index contributed by atoms with van der Waals surface area (Å²) in [6.07, 6.45) is -2.46. The second kappa shape index (κ2) is 10.8. The number of anilines is 1. The van der Waals surface area contributed by atoms with Crippen LogP contribution in [0, 0.1) is 23.7 Å². The van der Waals surface area contributed by atoms with Crippen LogP contribution in [0.25, 0.3) is 0 Å². The topological polar surface area (TPSA) is 140 Å². The van der Waals surface area contributed by atoms with E-state index in [-0.39, 0.29) is 29.5 Å². The third-order valence-corrected chi connectivity index (χ3v) is 10.3. The average Bonchev–Trinajstić information content (AvgIpc) is 3.38. The Balaban J connectivity index is 1.43. The first-order valence-corrected chi connectivity index (χ1v) is 15.2. The number of hydrazine groups is 1. The third-order valence-electron chi connectivity index (χ3n) is 9.76. The van der Waals surface area contributed by atoms with Gasteiger partial charge in [-0.15, -0.1) is 0 Å². The quantitative estimate of drug-likeness (QED) is 0.186. The Morgan fingerprint density at radius 3 is 2.26 bits per heavy atom. The number of allylic oxidation sites excluding steroid dienone is 2. The van der Waals surface area contributed by atoms with Crippen molar-refractivity contribution in [3.05, 3.63) is 99.2 Å². The first-order chi connectivity index (χ1) is 22.2. The summed E-state index contributed by atoms with van der Waals surface area (Å²) in [5, 5.41) is 21.0. The van der Waals surface area contributed by atoms with E-state index in [1.54, 1.807) is 42.5 Å². The number of halogens is 5. The van der Waals surface area contributed by atoms with Crippen LogP contribution in [0.3, 0.4) is 0 Å². The van der Waals surface area contributed by atoms with E-state index < -0.39 is 75.4 Å². The van der Waals surface area contributed by atoms with Gasteiger partial charge in [-0.05, 0) is 60.2 Å². The first-order valence-electron chi connectivity index (χ1n) is 14.4. The molecule has 3 N–H and O–H groups in total. The number of benzene rings is 2. The molecule has 47 heavy (non-hydrogen) atoms. The standard InChI is InChI=1S/C32H23Cl2F3N4O6/c33-17-5-3-15(4-6-17)31-22(28(44)40(30(31)46)39-26-23(34)11-16(13-38-26)32(35,36)37)12-21-19(25(31)14-1-7-18(42)8-2-14)9-10-20-24(21)29(45)41(47)27(20)43/h1-9,11,13,20-22,24-25,42,47H,10,12H2,(H,38,39)/t20-,21+,22-,24-,25-,31+/m0/s1. The Kier molecular flexibility index (Phi) is 7.15. The van der Waals surface area contributed by atoms with Crippen LogP contribution in [-0.2, 0) is 30.8 Å². The lowest BCUT2D eigenvalue weighted by atomic mass is 9.49. The number of rotatable bonds is 4. The molecule has 242 valence electrons. The number of carbonyl (C=O) groups is 4. The van der Waals surface area contributed by atoms with E-state index in [0.717, 1.165) is 0 Å². The summed E-state index contributed by atoms with van der Waals surface area (Å²) in [6.45, 7) is 0. The Morgan fingerprint density at radius 2 is 1.62 bits per heavy atom. The van der Waals surface area contributed by atoms with E-state index in [1.807, 2.05) is 0 Å². The summed E-state index contributed by atoms with van der Waals surface area (Å²) < 4.78 is 39.9. The summed E-state index contributed by atoms with van der Waals surface area (Å²) in [6, 6.07) is 12.9. The number of phenolic OH excluding ortho intramolecular Hbond substituents is 1. The molecule has 1 saturated carbocycles. The molecule has 0 bridgehead atoms. The van der Waals surface area contributed by atoms with Crippen molar-refractivity contribution in [2.45, 2.75) is 30.4 Å². The number of fused-ring (bicyclic) bond motifs is 4. The molecular weight excluding hydrogens is 664 g/mol. The summed E-state index contributed by atoms with van der Waals surface area (Å²) in [7, 11) is 0. The number of hydrogen-bond donors (Lipinski definition) is 3. The second-order valence-electron chi connectivity index (χ2n) is 12.0. The maximum absolute atomic E-state index is 14.9. The maximum Gasteiger partial charge on any atom is 0.417 e. The zero-order valence-electron chi connectivity index (χ0n) is 23.9. The number of phenols is 1. The molecule has 6 atom stereocenters. The van der Waals surface area contributed by atoms with Crippen LogP contribution in [0.15, 0.2) is 72.4 Å². The highest BCUT2D eigenvalue weighted by molar-refractivity contribution is 6.33. The number of alkyl halides is 3. The van der Waals surface area contributed by atoms with Gasteiger partial charge in [0.2, 0.25) is 0 Å². The third kappa shape index (κ3) is 4.54. The number of hydrogen-bond acceptors (Lipinski definition) is 8. The number of carbonyl (C=O) groups excluding carboxylic acids is 4. The predicted octanol–water partition coefficient (Wildman–Crippen LogP) is 5.49. The number of aromatic hydroxyl groups is 1. The lowest BCUT2D eigenvalue weighted by molar-refractivity contribution is -0.173. The normalized spacial score (nSPS) is 28.6. The summed E-state index contributed by atoms with van der Waals surface area (Å²) in [5.74, 6) is -8.33. The van der Waals surface area contributed by atoms with Gasteiger partial charge >= 0.3 is 6.18 Å². The zero-order chi connectivity index (χ0) is 33.6. The van der Waals surface area contributed by atoms with Crippen LogP contribution in [0.4, 0.5) is 19.0 Å². The van der Waals surface area contributed by atoms with Crippen molar-refractivity contribution in [1.29, 1.82) is 0 Å². The van der Waals surface area contributed by atoms with Crippen molar-refractivity contribution in [3.8, 4) is 5.75 Å². The van der Waals surface area contributed by atoms with Gasteiger partial charge in [0, 0.05) is 17.1 Å². The monoisotopic (exact) mass is 686 g/mol. The van der Waals surface area contributed by atoms with Crippen LogP contribution in [0.5, 0.6) is 5.75 Å². The van der Waals surface area contributed by atoms with E-state index >= 15 is 0 Å². The Morgan fingerprint density at radius 1 is 0.936 bits per heavy atom. The van der Waals surface area contributed by atoms with E-state index in [9.17, 15) is 42.7 Å². The number of pyridine rings is 1. The van der Waals surface area contributed by atoms with Crippen LogP contribution in [0.2, 0.25) is 10.0 Å². The van der Waals surface area contributed by atoms with Gasteiger partial charge in [-0.3, -0.25) is 29.8 Å². The largest absolute Gasteiger partial charge is 0.508 e. The van der Waals surface area contributed by atoms with Gasteiger partial charge in [0.05, 0.1) is 33.8 Å². The fourth-order valence-corrected chi connectivity index (χ4v) is 8.14. The molecule has 2 saturated heterocycles. The molecule has 3 aromatic rings. The number of aromatic nitrogens is 1. The van der Waals surface area contributed by atoms with Crippen molar-refractivity contribution in [2.24, 2.45) is 23.7 Å². The molecule has 0 spiro atoms. The highest BCUT2D eigenvalue weighted by Gasteiger charge is 2.70. The minimum Gasteiger partial charge on any atom is -0.508 e. The van der Waals surface area contributed by atoms with Gasteiger partial charge in [0.25, 0.3) is 23.6 Å². The number of amides is 4. The van der Waals surface area contributed by atoms with Crippen LogP contribution < -0.4 is 5.43 Å². The minimum atomic E-state index is -4.75. The number of nitrogens with zero attached hydrogens (tertiary/aromatic N) is 3. The van der Waals surface area contributed by atoms with Gasteiger partial charge in [-0.25, -0.2) is 4.98 Å². The molecule has 2 aliphatic carbocycles. The predicted molar refractivity (Wildman–Crippen MR) is 159 cm³/mol. The van der Waals surface area contributed by atoms with Gasteiger partial charge in [-0.2, -0.15) is 23.2 Å². The highest BCUT2D eigenvalue weighted by atomic mass is 35.5. The lowest BCUT2D eigenvalue weighted by Gasteiger charge is -2.50. The Labute approximate surface area is 274 Å². The summed E-state index contributed by atoms with van der Waals surface area (Å²) >= 11 is 12.4. The first kappa shape index (κ1) is 31.2. The highest BCUT2D eigenvalue weighted by Crippen LogP contribution is 2.64. The van der Waals surface area contributed by atoms with Crippen molar-refractivity contribution in [2.75, 3.05) is 5.43 Å². The van der Waals surface area contributed by atoms with Gasteiger partial charge in [0.15, 0.2) is 5.82 Å². The van der Waals surface area contributed by atoms with Gasteiger partial charge in [0.1, 0.15) is 5.75 Å². The van der Waals surface area contributed by atoms with Crippen molar-refractivity contribution < 1.29 is 42.7 Å². The molecule has 4 aliphatic rings. The number of nitrogens with one attached hydrogen (secondary N) is 1. The fourth-order valence-electron chi connectivity index (χ4n) is 7.81. The molecule has 3 fully saturated rings. The van der Waals surface area contributed by atoms with Crippen molar-refractivity contribution in [1.82, 2.24) is 15.1 Å². The molecule has 0 unspecified atom stereocenters. The van der Waals surface area contributed by atoms with Crippen molar-refractivity contribution in [3.63, 3.8) is 0 Å². The van der Waals surface area contributed by atoms with Gasteiger partial charge < -0.3 is 5.11 Å². The summed E-state index contributed by atoms with van der Waals surface area (Å²) in [5.41, 5.74) is 1.19. The average molecular weight is 687 g/mol. The summed E-state index contributed by atoms with van der Waals surface area (Å²) in [4.78, 5) is 59.2. The Bertz CT molecular complexity index is 1890. The lowest BCUT2D eigenvalue weighted by Crippen LogP contribution is -2.53. The Hall–Kier alpha value is -4.46. The maximum atomic E-state index is 14.9. The van der Waals surface area contributed by atoms with Crippen LogP contribution in [0.1, 0.15) is 35.4 Å². The fraction of sp³-hybridized carbons (Fsp3) is 0.281. The van der Waals surface area contributed by atoms with E-state index in [4.69, 9.17) is 23.2 Å². The minimum absolute atomic E-state index is 0.0662. The molecule has 15 heteroatoms. The molecule has 3 heterocycles. The molecule has 2 aromatic carbocycles. The SMILES string of the molecule is O=C1[C@H]2[C@H](CC=C3[C@H]2C[C@H]2C(=O)N(Nc4ncc(C(F)(F)F)cc4Cl)C(=O)[C@@]2(c2ccc(Cl)cc2)[C@H]3c2ccc(O)cc2)C(=O)N1O. The molecule has 0 radical (unpaired) electrons. The molecule has 1 aromatic heterocycles. The zero-order valence-corrected chi connectivity index (χ0v) is 25.4. The molecule has 10 nitrogen and oxygen atoms in total. The molecule has 4 amide bonds. The van der Waals surface area contributed by atoms with Crippen LogP contribution in [-0.4, -0.2) is 49.0 Å². The second-order valence-corrected chi connectivity index (χ2v) is 12.8. The van der Waals surface area contributed by atoms with E-state index in [1.165, 1.54) is 12.1 Å². The van der Waals surface area contributed by atoms with Gasteiger partial charge in [-0.1, -0.05) is 59.1 Å². The van der Waals surface area contributed by atoms with Crippen LogP contribution >= 0.6 is 23.2 Å². The van der Waals surface area contributed by atoms with Crippen molar-refractivity contribution >= 4 is 52.6 Å². The smallest absolute Gasteiger partial charge is 0.417 e. The number of hydroxylamine groups is 2. The van der Waals surface area contributed by atoms with E-state index in [0.29, 0.717) is 39.0 Å². The molecule has 2 aliphatic heterocycles. The van der Waals surface area contributed by atoms with E-state index in [2.05, 4.69) is 10.4 Å². The number of imide groups is 2. The molecule has 7 rings (SSSR count). The molecular formula is C32H23Cl2F3N4O6.